The fraction of sp³-hybridized carbons (Fsp3) is 0.231. The van der Waals surface area contributed by atoms with Crippen molar-refractivity contribution in [2.45, 2.75) is 12.5 Å². The molecule has 1 aromatic rings. The van der Waals surface area contributed by atoms with Crippen LogP contribution >= 0.6 is 0 Å². The molecule has 18 heavy (non-hydrogen) atoms. The van der Waals surface area contributed by atoms with Gasteiger partial charge in [-0.2, -0.15) is 0 Å². The summed E-state index contributed by atoms with van der Waals surface area (Å²) >= 11 is 0. The van der Waals surface area contributed by atoms with Gasteiger partial charge in [-0.15, -0.1) is 0 Å². The summed E-state index contributed by atoms with van der Waals surface area (Å²) in [5.74, 6) is -1.51. The number of carbonyl (C=O) groups is 2. The summed E-state index contributed by atoms with van der Waals surface area (Å²) in [7, 11) is 1.26. The number of methoxy groups -OCH3 is 1. The van der Waals surface area contributed by atoms with Gasteiger partial charge in [-0.05, 0) is 17.2 Å². The molecule has 0 aliphatic rings. The Labute approximate surface area is 104 Å². The van der Waals surface area contributed by atoms with Crippen molar-refractivity contribution in [3.63, 3.8) is 0 Å². The Hall–Kier alpha value is -2.14. The van der Waals surface area contributed by atoms with Crippen LogP contribution < -0.4 is 0 Å². The summed E-state index contributed by atoms with van der Waals surface area (Å²) in [4.78, 5) is 21.3. The lowest BCUT2D eigenvalue weighted by Gasteiger charge is -2.09. The third kappa shape index (κ3) is 4.39. The molecule has 0 amide bonds. The fourth-order valence-electron chi connectivity index (χ4n) is 1.36. The van der Waals surface area contributed by atoms with Gasteiger partial charge in [-0.1, -0.05) is 24.3 Å². The number of aliphatic hydroxyl groups excluding tert-OH is 1. The van der Waals surface area contributed by atoms with E-state index in [1.165, 1.54) is 13.2 Å². The highest BCUT2D eigenvalue weighted by molar-refractivity contribution is 5.85. The van der Waals surface area contributed by atoms with Gasteiger partial charge >= 0.3 is 11.9 Å². The fourth-order valence-corrected chi connectivity index (χ4v) is 1.36. The van der Waals surface area contributed by atoms with Crippen LogP contribution in [0.5, 0.6) is 0 Å². The number of hydrogen-bond acceptors (Lipinski definition) is 4. The van der Waals surface area contributed by atoms with Crippen molar-refractivity contribution in [1.82, 2.24) is 0 Å². The number of ether oxygens (including phenoxy) is 1. The largest absolute Gasteiger partial charge is 0.478 e. The van der Waals surface area contributed by atoms with Crippen molar-refractivity contribution in [2.24, 2.45) is 0 Å². The number of aliphatic carboxylic acids is 1. The number of carboxylic acids is 1. The molecule has 1 rings (SSSR count). The molecule has 2 N–H and O–H groups in total. The van der Waals surface area contributed by atoms with E-state index in [4.69, 9.17) is 5.11 Å². The molecule has 0 saturated carbocycles. The van der Waals surface area contributed by atoms with Gasteiger partial charge in [0.25, 0.3) is 0 Å². The van der Waals surface area contributed by atoms with Gasteiger partial charge in [0.15, 0.2) is 0 Å². The maximum atomic E-state index is 11.0. The smallest absolute Gasteiger partial charge is 0.328 e. The zero-order chi connectivity index (χ0) is 13.5. The van der Waals surface area contributed by atoms with Gasteiger partial charge in [0.2, 0.25) is 0 Å². The van der Waals surface area contributed by atoms with E-state index >= 15 is 0 Å². The molecule has 0 spiro atoms. The predicted octanol–water partition coefficient (Wildman–Crippen LogP) is 1.38. The van der Waals surface area contributed by atoms with E-state index in [9.17, 15) is 14.7 Å². The summed E-state index contributed by atoms with van der Waals surface area (Å²) in [5, 5.41) is 18.2. The highest BCUT2D eigenvalue weighted by Crippen LogP contribution is 2.18. The van der Waals surface area contributed by atoms with E-state index in [0.717, 1.165) is 6.08 Å². The molecule has 5 heteroatoms. The topological polar surface area (TPSA) is 83.8 Å². The van der Waals surface area contributed by atoms with E-state index in [1.807, 2.05) is 0 Å². The highest BCUT2D eigenvalue weighted by Gasteiger charge is 2.12. The number of rotatable bonds is 5. The minimum absolute atomic E-state index is 0.110. The number of esters is 1. The van der Waals surface area contributed by atoms with Gasteiger partial charge in [0.05, 0.1) is 19.6 Å². The van der Waals surface area contributed by atoms with E-state index in [-0.39, 0.29) is 6.42 Å². The first-order valence-corrected chi connectivity index (χ1v) is 5.28. The Morgan fingerprint density at radius 3 is 2.44 bits per heavy atom. The standard InChI is InChI=1S/C13H14O5/c1-18-13(17)8-11(14)10-5-2-9(3-6-10)4-7-12(15)16/h2-7,11,14H,8H2,1H3,(H,15,16). The number of aliphatic hydroxyl groups is 1. The maximum Gasteiger partial charge on any atom is 0.328 e. The SMILES string of the molecule is COC(=O)CC(O)c1ccc(C=CC(=O)O)cc1. The lowest BCUT2D eigenvalue weighted by Crippen LogP contribution is -2.07. The first-order chi connectivity index (χ1) is 8.52. The zero-order valence-electron chi connectivity index (χ0n) is 9.87. The Kier molecular flexibility index (Phi) is 5.07. The van der Waals surface area contributed by atoms with Gasteiger partial charge in [-0.3, -0.25) is 4.79 Å². The molecule has 0 radical (unpaired) electrons. The summed E-state index contributed by atoms with van der Waals surface area (Å²) in [5.41, 5.74) is 1.28. The van der Waals surface area contributed by atoms with Crippen LogP contribution in [0.4, 0.5) is 0 Å². The van der Waals surface area contributed by atoms with Crippen molar-refractivity contribution >= 4 is 18.0 Å². The van der Waals surface area contributed by atoms with E-state index in [0.29, 0.717) is 11.1 Å². The predicted molar refractivity (Wildman–Crippen MR) is 64.7 cm³/mol. The van der Waals surface area contributed by atoms with Crippen LogP contribution in [-0.2, 0) is 14.3 Å². The molecule has 0 aromatic heterocycles. The average Bonchev–Trinajstić information content (AvgIpc) is 2.36. The van der Waals surface area contributed by atoms with Crippen LogP contribution in [0.25, 0.3) is 6.08 Å². The van der Waals surface area contributed by atoms with Crippen molar-refractivity contribution in [2.75, 3.05) is 7.11 Å². The molecule has 96 valence electrons. The Morgan fingerprint density at radius 1 is 1.33 bits per heavy atom. The number of benzene rings is 1. The minimum Gasteiger partial charge on any atom is -0.478 e. The maximum absolute atomic E-state index is 11.0. The van der Waals surface area contributed by atoms with Crippen LogP contribution in [-0.4, -0.2) is 29.3 Å². The van der Waals surface area contributed by atoms with Gasteiger partial charge in [0.1, 0.15) is 0 Å². The molecule has 0 heterocycles. The highest BCUT2D eigenvalue weighted by atomic mass is 16.5. The molecule has 1 atom stereocenters. The minimum atomic E-state index is -1.02. The summed E-state index contributed by atoms with van der Waals surface area (Å²) in [6, 6.07) is 6.59. The van der Waals surface area contributed by atoms with Crippen molar-refractivity contribution in [3.05, 3.63) is 41.5 Å². The molecule has 0 bridgehead atoms. The molecule has 1 unspecified atom stereocenters. The number of carbonyl (C=O) groups excluding carboxylic acids is 1. The molecule has 5 nitrogen and oxygen atoms in total. The lowest BCUT2D eigenvalue weighted by molar-refractivity contribution is -0.143. The van der Waals surface area contributed by atoms with Crippen molar-refractivity contribution in [1.29, 1.82) is 0 Å². The second kappa shape index (κ2) is 6.56. The van der Waals surface area contributed by atoms with E-state index < -0.39 is 18.0 Å². The molecule has 0 fully saturated rings. The number of hydrogen-bond donors (Lipinski definition) is 2. The zero-order valence-corrected chi connectivity index (χ0v) is 9.87. The molecule has 0 aliphatic heterocycles. The van der Waals surface area contributed by atoms with Crippen LogP contribution in [0.2, 0.25) is 0 Å². The molecule has 1 aromatic carbocycles. The molecular formula is C13H14O5. The molecular weight excluding hydrogens is 236 g/mol. The quantitative estimate of drug-likeness (QED) is 0.609. The Morgan fingerprint density at radius 2 is 1.94 bits per heavy atom. The second-order valence-corrected chi connectivity index (χ2v) is 3.63. The lowest BCUT2D eigenvalue weighted by atomic mass is 10.0. The van der Waals surface area contributed by atoms with E-state index in [1.54, 1.807) is 24.3 Å². The first-order valence-electron chi connectivity index (χ1n) is 5.28. The monoisotopic (exact) mass is 250 g/mol. The summed E-state index contributed by atoms with van der Waals surface area (Å²) in [6.45, 7) is 0. The third-order valence-corrected chi connectivity index (χ3v) is 2.33. The van der Waals surface area contributed by atoms with Crippen molar-refractivity contribution < 1.29 is 24.5 Å². The van der Waals surface area contributed by atoms with Crippen LogP contribution in [0, 0.1) is 0 Å². The summed E-state index contributed by atoms with van der Waals surface area (Å²) < 4.78 is 4.46. The normalized spacial score (nSPS) is 12.3. The van der Waals surface area contributed by atoms with Gasteiger partial charge in [-0.25, -0.2) is 4.79 Å². The van der Waals surface area contributed by atoms with E-state index in [2.05, 4.69) is 4.74 Å². The molecule has 0 aliphatic carbocycles. The van der Waals surface area contributed by atoms with Crippen LogP contribution in [0.15, 0.2) is 30.3 Å². The number of carboxylic acid groups (broad SMARTS) is 1. The first kappa shape index (κ1) is 13.9. The summed E-state index contributed by atoms with van der Waals surface area (Å²) in [6.07, 6.45) is 1.44. The van der Waals surface area contributed by atoms with Crippen LogP contribution in [0.3, 0.4) is 0 Å². The average molecular weight is 250 g/mol. The van der Waals surface area contributed by atoms with Crippen molar-refractivity contribution in [3.8, 4) is 0 Å². The second-order valence-electron chi connectivity index (χ2n) is 3.63. The Balaban J connectivity index is 2.70. The van der Waals surface area contributed by atoms with Gasteiger partial charge < -0.3 is 14.9 Å². The Bertz CT molecular complexity index is 447. The third-order valence-electron chi connectivity index (χ3n) is 2.33. The molecule has 0 saturated heterocycles. The van der Waals surface area contributed by atoms with Gasteiger partial charge in [0, 0.05) is 6.08 Å². The van der Waals surface area contributed by atoms with Crippen LogP contribution in [0.1, 0.15) is 23.7 Å².